The van der Waals surface area contributed by atoms with Crippen LogP contribution in [0.25, 0.3) is 0 Å². The Morgan fingerprint density at radius 2 is 2.20 bits per heavy atom. The number of nitrogens with two attached hydrogens (primary N) is 1. The Kier molecular flexibility index (Phi) is 4.34. The number of hydrazine groups is 1. The summed E-state index contributed by atoms with van der Waals surface area (Å²) in [6.45, 7) is 0.0789. The zero-order valence-corrected chi connectivity index (χ0v) is 11.0. The molecule has 2 aromatic rings. The lowest BCUT2D eigenvalue weighted by molar-refractivity contribution is -0.384. The second-order valence-corrected chi connectivity index (χ2v) is 4.22. The van der Waals surface area contributed by atoms with Crippen molar-refractivity contribution < 1.29 is 9.66 Å². The molecule has 1 aromatic heterocycles. The largest absolute Gasteiger partial charge is 0.487 e. The molecule has 104 valence electrons. The molecule has 0 aliphatic carbocycles. The minimum Gasteiger partial charge on any atom is -0.487 e. The van der Waals surface area contributed by atoms with Crippen molar-refractivity contribution in [3.63, 3.8) is 0 Å². The summed E-state index contributed by atoms with van der Waals surface area (Å²) < 4.78 is 5.44. The minimum absolute atomic E-state index is 0.0427. The van der Waals surface area contributed by atoms with Crippen LogP contribution in [0, 0.1) is 10.1 Å². The van der Waals surface area contributed by atoms with Gasteiger partial charge in [-0.1, -0.05) is 17.7 Å². The number of hydrogen-bond acceptors (Lipinski definition) is 6. The van der Waals surface area contributed by atoms with Crippen LogP contribution >= 0.6 is 11.6 Å². The van der Waals surface area contributed by atoms with Gasteiger partial charge in [0.05, 0.1) is 21.7 Å². The number of nitrogens with one attached hydrogen (secondary N) is 1. The fourth-order valence-corrected chi connectivity index (χ4v) is 1.66. The molecule has 20 heavy (non-hydrogen) atoms. The van der Waals surface area contributed by atoms with Crippen molar-refractivity contribution in [1.82, 2.24) is 4.98 Å². The number of anilines is 1. The molecular weight excluding hydrogens is 284 g/mol. The normalized spacial score (nSPS) is 10.1. The van der Waals surface area contributed by atoms with Crippen LogP contribution in [0.5, 0.6) is 5.75 Å². The number of non-ortho nitro benzene ring substituents is 1. The van der Waals surface area contributed by atoms with Gasteiger partial charge in [0.25, 0.3) is 5.69 Å². The zero-order valence-electron chi connectivity index (χ0n) is 10.2. The van der Waals surface area contributed by atoms with Crippen LogP contribution in [0.4, 0.5) is 11.5 Å². The number of nitro groups is 1. The van der Waals surface area contributed by atoms with E-state index in [-0.39, 0.29) is 12.3 Å². The third-order valence-electron chi connectivity index (χ3n) is 2.47. The highest BCUT2D eigenvalue weighted by Crippen LogP contribution is 2.22. The maximum atomic E-state index is 10.7. The lowest BCUT2D eigenvalue weighted by Gasteiger charge is -2.08. The third-order valence-corrected chi connectivity index (χ3v) is 2.81. The Labute approximate surface area is 119 Å². The van der Waals surface area contributed by atoms with Crippen LogP contribution in [0.1, 0.15) is 5.69 Å². The molecule has 0 aliphatic heterocycles. The summed E-state index contributed by atoms with van der Waals surface area (Å²) >= 11 is 5.98. The number of rotatable bonds is 5. The van der Waals surface area contributed by atoms with Gasteiger partial charge in [0.15, 0.2) is 0 Å². The van der Waals surface area contributed by atoms with E-state index in [1.807, 2.05) is 0 Å². The molecule has 0 saturated heterocycles. The van der Waals surface area contributed by atoms with E-state index in [9.17, 15) is 10.1 Å². The fourth-order valence-electron chi connectivity index (χ4n) is 1.50. The number of halogens is 1. The van der Waals surface area contributed by atoms with Crippen LogP contribution < -0.4 is 16.0 Å². The fraction of sp³-hybridized carbons (Fsp3) is 0.0833. The summed E-state index contributed by atoms with van der Waals surface area (Å²) in [5.74, 6) is 6.07. The van der Waals surface area contributed by atoms with E-state index in [1.165, 1.54) is 12.1 Å². The molecule has 0 aliphatic rings. The van der Waals surface area contributed by atoms with Crippen LogP contribution in [-0.2, 0) is 6.61 Å². The van der Waals surface area contributed by atoms with E-state index in [4.69, 9.17) is 22.2 Å². The summed E-state index contributed by atoms with van der Waals surface area (Å²) in [6.07, 6.45) is 0. The molecule has 0 radical (unpaired) electrons. The number of aromatic nitrogens is 1. The van der Waals surface area contributed by atoms with Crippen molar-refractivity contribution in [3.8, 4) is 5.75 Å². The molecule has 0 fully saturated rings. The Balaban J connectivity index is 2.12. The monoisotopic (exact) mass is 294 g/mol. The van der Waals surface area contributed by atoms with Gasteiger partial charge in [-0.05, 0) is 18.2 Å². The molecule has 0 amide bonds. The van der Waals surface area contributed by atoms with E-state index < -0.39 is 4.92 Å². The molecular formula is C12H11ClN4O3. The molecule has 0 saturated carbocycles. The van der Waals surface area contributed by atoms with Crippen LogP contribution in [-0.4, -0.2) is 9.91 Å². The second-order valence-electron chi connectivity index (χ2n) is 3.81. The number of hydrogen-bond donors (Lipinski definition) is 2. The minimum atomic E-state index is -0.489. The first-order valence-electron chi connectivity index (χ1n) is 5.59. The lowest BCUT2D eigenvalue weighted by Crippen LogP contribution is -2.10. The molecule has 2 rings (SSSR count). The van der Waals surface area contributed by atoms with Crippen molar-refractivity contribution in [2.24, 2.45) is 5.84 Å². The van der Waals surface area contributed by atoms with Crippen LogP contribution in [0.15, 0.2) is 36.4 Å². The highest BCUT2D eigenvalue weighted by Gasteiger charge is 2.08. The first kappa shape index (κ1) is 14.0. The molecule has 1 heterocycles. The first-order valence-corrected chi connectivity index (χ1v) is 5.97. The number of benzene rings is 1. The zero-order chi connectivity index (χ0) is 14.5. The van der Waals surface area contributed by atoms with E-state index in [0.717, 1.165) is 0 Å². The third kappa shape index (κ3) is 3.34. The summed E-state index contributed by atoms with van der Waals surface area (Å²) in [7, 11) is 0. The van der Waals surface area contributed by atoms with E-state index in [0.29, 0.717) is 22.3 Å². The van der Waals surface area contributed by atoms with Gasteiger partial charge in [-0.25, -0.2) is 10.8 Å². The molecule has 7 nitrogen and oxygen atoms in total. The second kappa shape index (κ2) is 6.18. The van der Waals surface area contributed by atoms with E-state index in [1.54, 1.807) is 24.3 Å². The Morgan fingerprint density at radius 1 is 1.40 bits per heavy atom. The quantitative estimate of drug-likeness (QED) is 0.499. The Bertz CT molecular complexity index is 636. The van der Waals surface area contributed by atoms with Crippen LogP contribution in [0.2, 0.25) is 5.02 Å². The molecule has 0 atom stereocenters. The van der Waals surface area contributed by atoms with Gasteiger partial charge in [0.2, 0.25) is 0 Å². The molecule has 1 aromatic carbocycles. The summed E-state index contributed by atoms with van der Waals surface area (Å²) in [6, 6.07) is 9.14. The molecule has 0 bridgehead atoms. The van der Waals surface area contributed by atoms with Gasteiger partial charge >= 0.3 is 0 Å². The predicted molar refractivity (Wildman–Crippen MR) is 74.5 cm³/mol. The number of nitrogens with zero attached hydrogens (tertiary/aromatic N) is 2. The van der Waals surface area contributed by atoms with Gasteiger partial charge in [-0.15, -0.1) is 0 Å². The van der Waals surface area contributed by atoms with Crippen molar-refractivity contribution in [1.29, 1.82) is 0 Å². The van der Waals surface area contributed by atoms with E-state index >= 15 is 0 Å². The Hall–Kier alpha value is -2.38. The highest BCUT2D eigenvalue weighted by molar-refractivity contribution is 6.31. The summed E-state index contributed by atoms with van der Waals surface area (Å²) in [4.78, 5) is 14.3. The standard InChI is InChI=1S/C12H11ClN4O3/c13-10-4-5-12(16-14)15-11(10)7-20-9-3-1-2-8(6-9)17(18)19/h1-6H,7,14H2,(H,15,16). The smallest absolute Gasteiger partial charge is 0.273 e. The maximum Gasteiger partial charge on any atom is 0.273 e. The molecule has 0 spiro atoms. The van der Waals surface area contributed by atoms with Crippen molar-refractivity contribution in [3.05, 3.63) is 57.2 Å². The average molecular weight is 295 g/mol. The first-order chi connectivity index (χ1) is 9.60. The lowest BCUT2D eigenvalue weighted by atomic mass is 10.3. The van der Waals surface area contributed by atoms with E-state index in [2.05, 4.69) is 10.4 Å². The summed E-state index contributed by atoms with van der Waals surface area (Å²) in [5.41, 5.74) is 2.84. The van der Waals surface area contributed by atoms with Gasteiger partial charge in [-0.3, -0.25) is 10.1 Å². The SMILES string of the molecule is NNc1ccc(Cl)c(COc2cccc([N+](=O)[O-])c2)n1. The molecule has 0 unspecified atom stereocenters. The summed E-state index contributed by atoms with van der Waals surface area (Å²) in [5, 5.41) is 11.1. The van der Waals surface area contributed by atoms with Crippen LogP contribution in [0.3, 0.4) is 0 Å². The van der Waals surface area contributed by atoms with Gasteiger partial charge < -0.3 is 10.2 Å². The average Bonchev–Trinajstić information content (AvgIpc) is 2.46. The highest BCUT2D eigenvalue weighted by atomic mass is 35.5. The van der Waals surface area contributed by atoms with Gasteiger partial charge in [0.1, 0.15) is 18.2 Å². The number of nitro benzene ring substituents is 1. The van der Waals surface area contributed by atoms with Crippen molar-refractivity contribution in [2.75, 3.05) is 5.43 Å². The van der Waals surface area contributed by atoms with Crippen molar-refractivity contribution in [2.45, 2.75) is 6.61 Å². The number of nitrogen functional groups attached to an aromatic ring is 1. The maximum absolute atomic E-state index is 10.7. The topological polar surface area (TPSA) is 103 Å². The number of pyridine rings is 1. The predicted octanol–water partition coefficient (Wildman–Crippen LogP) is 2.51. The molecule has 8 heteroatoms. The van der Waals surface area contributed by atoms with Gasteiger partial charge in [0, 0.05) is 6.07 Å². The number of ether oxygens (including phenoxy) is 1. The van der Waals surface area contributed by atoms with Gasteiger partial charge in [-0.2, -0.15) is 0 Å². The van der Waals surface area contributed by atoms with Crippen molar-refractivity contribution >= 4 is 23.1 Å². The molecule has 3 N–H and O–H groups in total. The Morgan fingerprint density at radius 3 is 2.90 bits per heavy atom.